The Labute approximate surface area is 135 Å². The molecule has 0 radical (unpaired) electrons. The molecule has 1 unspecified atom stereocenters. The zero-order valence-electron chi connectivity index (χ0n) is 12.2. The molecule has 0 fully saturated rings. The van der Waals surface area contributed by atoms with E-state index in [1.165, 1.54) is 0 Å². The number of halogens is 2. The number of aryl methyl sites for hydroxylation is 1. The maximum atomic E-state index is 6.30. The molecule has 2 aromatic carbocycles. The predicted octanol–water partition coefficient (Wildman–Crippen LogP) is 5.37. The van der Waals surface area contributed by atoms with Crippen LogP contribution in [-0.2, 0) is 6.42 Å². The van der Waals surface area contributed by atoms with Gasteiger partial charge in [-0.2, -0.15) is 0 Å². The summed E-state index contributed by atoms with van der Waals surface area (Å²) in [5, 5.41) is 1.28. The molecule has 0 aromatic heterocycles. The van der Waals surface area contributed by atoms with Gasteiger partial charge in [0, 0.05) is 11.1 Å². The van der Waals surface area contributed by atoms with Crippen LogP contribution in [-0.4, -0.2) is 6.04 Å². The molecule has 2 rings (SSSR count). The fourth-order valence-electron chi connectivity index (χ4n) is 2.05. The van der Waals surface area contributed by atoms with Crippen LogP contribution in [0.5, 0.6) is 11.5 Å². The van der Waals surface area contributed by atoms with Crippen LogP contribution in [0.15, 0.2) is 36.4 Å². The van der Waals surface area contributed by atoms with Gasteiger partial charge in [0.2, 0.25) is 0 Å². The second kappa shape index (κ2) is 7.17. The summed E-state index contributed by atoms with van der Waals surface area (Å²) < 4.78 is 5.86. The van der Waals surface area contributed by atoms with Crippen molar-refractivity contribution in [3.05, 3.63) is 57.6 Å². The average Bonchev–Trinajstić information content (AvgIpc) is 2.44. The molecular formula is C17H19Cl2NO. The van der Waals surface area contributed by atoms with Crippen molar-refractivity contribution in [1.82, 2.24) is 0 Å². The summed E-state index contributed by atoms with van der Waals surface area (Å²) >= 11 is 12.2. The quantitative estimate of drug-likeness (QED) is 0.802. The Morgan fingerprint density at radius 2 is 1.81 bits per heavy atom. The fourth-order valence-corrected chi connectivity index (χ4v) is 2.52. The maximum absolute atomic E-state index is 6.30. The number of benzene rings is 2. The molecule has 2 N–H and O–H groups in total. The monoisotopic (exact) mass is 323 g/mol. The van der Waals surface area contributed by atoms with Crippen LogP contribution in [0, 0.1) is 6.92 Å². The van der Waals surface area contributed by atoms with Gasteiger partial charge < -0.3 is 10.5 Å². The third-order valence-corrected chi connectivity index (χ3v) is 3.91. The summed E-state index contributed by atoms with van der Waals surface area (Å²) in [6.45, 7) is 4.02. The summed E-state index contributed by atoms with van der Waals surface area (Å²) in [6, 6.07) is 11.5. The molecule has 2 nitrogen and oxygen atoms in total. The lowest BCUT2D eigenvalue weighted by atomic mass is 10.0. The van der Waals surface area contributed by atoms with E-state index in [-0.39, 0.29) is 6.04 Å². The molecule has 21 heavy (non-hydrogen) atoms. The van der Waals surface area contributed by atoms with Crippen LogP contribution >= 0.6 is 23.2 Å². The maximum Gasteiger partial charge on any atom is 0.146 e. The minimum Gasteiger partial charge on any atom is -0.456 e. The van der Waals surface area contributed by atoms with Gasteiger partial charge in [-0.1, -0.05) is 36.2 Å². The number of nitrogens with two attached hydrogens (primary N) is 1. The van der Waals surface area contributed by atoms with E-state index in [9.17, 15) is 0 Å². The molecule has 0 amide bonds. The zero-order chi connectivity index (χ0) is 15.4. The highest BCUT2D eigenvalue weighted by atomic mass is 35.5. The molecule has 0 aliphatic carbocycles. The molecular weight excluding hydrogens is 305 g/mol. The summed E-state index contributed by atoms with van der Waals surface area (Å²) in [7, 11) is 0. The van der Waals surface area contributed by atoms with Crippen LogP contribution in [0.3, 0.4) is 0 Å². The lowest BCUT2D eigenvalue weighted by molar-refractivity contribution is 0.479. The molecule has 112 valence electrons. The summed E-state index contributed by atoms with van der Waals surface area (Å²) in [6.07, 6.45) is 1.76. The van der Waals surface area contributed by atoms with E-state index < -0.39 is 0 Å². The Hall–Kier alpha value is -1.22. The topological polar surface area (TPSA) is 35.2 Å². The molecule has 1 atom stereocenters. The first-order valence-electron chi connectivity index (χ1n) is 6.97. The number of ether oxygens (including phenoxy) is 1. The summed E-state index contributed by atoms with van der Waals surface area (Å²) in [5.74, 6) is 1.38. The van der Waals surface area contributed by atoms with Gasteiger partial charge >= 0.3 is 0 Å². The average molecular weight is 324 g/mol. The first kappa shape index (κ1) is 16.2. The Kier molecular flexibility index (Phi) is 5.51. The minimum atomic E-state index is 0.159. The third kappa shape index (κ3) is 4.37. The largest absolute Gasteiger partial charge is 0.456 e. The van der Waals surface area contributed by atoms with Gasteiger partial charge in [-0.25, -0.2) is 0 Å². The Balaban J connectivity index is 2.17. The third-order valence-electron chi connectivity index (χ3n) is 3.38. The van der Waals surface area contributed by atoms with E-state index in [0.29, 0.717) is 15.8 Å². The molecule has 0 heterocycles. The van der Waals surface area contributed by atoms with Crippen molar-refractivity contribution in [1.29, 1.82) is 0 Å². The van der Waals surface area contributed by atoms with Gasteiger partial charge in [-0.3, -0.25) is 0 Å². The standard InChI is InChI=1S/C17H19Cl2NO/c1-3-14(20)9-12-4-6-17(15(19)10-12)21-16-7-5-13(18)8-11(16)2/h4-8,10,14H,3,9,20H2,1-2H3. The van der Waals surface area contributed by atoms with Gasteiger partial charge in [0.25, 0.3) is 0 Å². The van der Waals surface area contributed by atoms with Crippen molar-refractivity contribution < 1.29 is 4.74 Å². The summed E-state index contributed by atoms with van der Waals surface area (Å²) in [4.78, 5) is 0. The van der Waals surface area contributed by atoms with Gasteiger partial charge in [-0.05, 0) is 61.2 Å². The predicted molar refractivity (Wildman–Crippen MR) is 89.7 cm³/mol. The van der Waals surface area contributed by atoms with Crippen molar-refractivity contribution in [3.63, 3.8) is 0 Å². The van der Waals surface area contributed by atoms with Crippen LogP contribution in [0.4, 0.5) is 0 Å². The van der Waals surface area contributed by atoms with Crippen LogP contribution in [0.2, 0.25) is 10.0 Å². The Bertz CT molecular complexity index is 628. The highest BCUT2D eigenvalue weighted by Gasteiger charge is 2.08. The Morgan fingerprint density at radius 3 is 2.43 bits per heavy atom. The normalized spacial score (nSPS) is 12.2. The van der Waals surface area contributed by atoms with Gasteiger partial charge in [-0.15, -0.1) is 0 Å². The lowest BCUT2D eigenvalue weighted by Gasteiger charge is -2.13. The van der Waals surface area contributed by atoms with Crippen molar-refractivity contribution in [2.45, 2.75) is 32.7 Å². The van der Waals surface area contributed by atoms with Crippen LogP contribution in [0.1, 0.15) is 24.5 Å². The SMILES string of the molecule is CCC(N)Cc1ccc(Oc2ccc(Cl)cc2C)c(Cl)c1. The molecule has 4 heteroatoms. The number of rotatable bonds is 5. The van der Waals surface area contributed by atoms with E-state index >= 15 is 0 Å². The summed E-state index contributed by atoms with van der Waals surface area (Å²) in [5.41, 5.74) is 8.05. The smallest absolute Gasteiger partial charge is 0.146 e. The molecule has 0 bridgehead atoms. The van der Waals surface area contributed by atoms with Crippen molar-refractivity contribution in [2.75, 3.05) is 0 Å². The molecule has 0 aliphatic rings. The van der Waals surface area contributed by atoms with Crippen molar-refractivity contribution >= 4 is 23.2 Å². The highest BCUT2D eigenvalue weighted by molar-refractivity contribution is 6.32. The lowest BCUT2D eigenvalue weighted by Crippen LogP contribution is -2.21. The van der Waals surface area contributed by atoms with E-state index in [4.69, 9.17) is 33.7 Å². The number of hydrogen-bond donors (Lipinski definition) is 1. The van der Waals surface area contributed by atoms with Gasteiger partial charge in [0.15, 0.2) is 0 Å². The molecule has 0 saturated heterocycles. The van der Waals surface area contributed by atoms with Crippen molar-refractivity contribution in [3.8, 4) is 11.5 Å². The van der Waals surface area contributed by atoms with Crippen LogP contribution < -0.4 is 10.5 Å². The van der Waals surface area contributed by atoms with E-state index in [1.54, 1.807) is 6.07 Å². The zero-order valence-corrected chi connectivity index (χ0v) is 13.7. The molecule has 0 spiro atoms. The second-order valence-electron chi connectivity index (χ2n) is 5.15. The molecule has 0 aliphatic heterocycles. The van der Waals surface area contributed by atoms with Crippen molar-refractivity contribution in [2.24, 2.45) is 5.73 Å². The van der Waals surface area contributed by atoms with Gasteiger partial charge in [0.1, 0.15) is 11.5 Å². The minimum absolute atomic E-state index is 0.159. The fraction of sp³-hybridized carbons (Fsp3) is 0.294. The van der Waals surface area contributed by atoms with E-state index in [2.05, 4.69) is 6.92 Å². The van der Waals surface area contributed by atoms with Gasteiger partial charge in [0.05, 0.1) is 5.02 Å². The number of hydrogen-bond acceptors (Lipinski definition) is 2. The second-order valence-corrected chi connectivity index (χ2v) is 5.99. The Morgan fingerprint density at radius 1 is 1.10 bits per heavy atom. The first-order valence-corrected chi connectivity index (χ1v) is 7.73. The molecule has 0 saturated carbocycles. The van der Waals surface area contributed by atoms with E-state index in [1.807, 2.05) is 37.3 Å². The highest BCUT2D eigenvalue weighted by Crippen LogP contribution is 2.33. The van der Waals surface area contributed by atoms with Crippen LogP contribution in [0.25, 0.3) is 0 Å². The van der Waals surface area contributed by atoms with E-state index in [0.717, 1.165) is 29.7 Å². The molecule has 2 aromatic rings. The first-order chi connectivity index (χ1) is 9.99.